The van der Waals surface area contributed by atoms with Gasteiger partial charge in [-0.2, -0.15) is 0 Å². The van der Waals surface area contributed by atoms with E-state index in [0.29, 0.717) is 13.0 Å². The fourth-order valence-electron chi connectivity index (χ4n) is 2.48. The van der Waals surface area contributed by atoms with E-state index < -0.39 is 0 Å². The summed E-state index contributed by atoms with van der Waals surface area (Å²) in [7, 11) is 1.78. The number of carbonyl (C=O) groups excluding carboxylic acids is 1. The summed E-state index contributed by atoms with van der Waals surface area (Å²) in [5.41, 5.74) is 0. The summed E-state index contributed by atoms with van der Waals surface area (Å²) in [6.07, 6.45) is 8.14. The maximum absolute atomic E-state index is 11.7. The van der Waals surface area contributed by atoms with Gasteiger partial charge in [-0.1, -0.05) is 32.1 Å². The van der Waals surface area contributed by atoms with Crippen molar-refractivity contribution in [2.45, 2.75) is 58.0 Å². The van der Waals surface area contributed by atoms with Gasteiger partial charge < -0.3 is 15.3 Å². The van der Waals surface area contributed by atoms with Gasteiger partial charge in [0.1, 0.15) is 0 Å². The van der Waals surface area contributed by atoms with Gasteiger partial charge in [-0.15, -0.1) is 0 Å². The molecule has 1 fully saturated rings. The Morgan fingerprint density at radius 2 is 2.06 bits per heavy atom. The standard InChI is InChI=1S/C14H28N2O2/c1-12(17)9-11-16(2)14(18)15-10-8-13-6-4-3-5-7-13/h12-13,17H,3-11H2,1-2H3,(H,15,18). The van der Waals surface area contributed by atoms with Gasteiger partial charge in [0.25, 0.3) is 0 Å². The predicted molar refractivity (Wildman–Crippen MR) is 73.5 cm³/mol. The average Bonchev–Trinajstić information content (AvgIpc) is 2.37. The van der Waals surface area contributed by atoms with Gasteiger partial charge in [-0.3, -0.25) is 0 Å². The SMILES string of the molecule is CC(O)CCN(C)C(=O)NCCC1CCCCC1. The van der Waals surface area contributed by atoms with Crippen LogP contribution >= 0.6 is 0 Å². The molecule has 1 aliphatic carbocycles. The molecule has 1 atom stereocenters. The van der Waals surface area contributed by atoms with Crippen LogP contribution in [0, 0.1) is 5.92 Å². The molecule has 0 bridgehead atoms. The number of nitrogens with one attached hydrogen (secondary N) is 1. The van der Waals surface area contributed by atoms with Gasteiger partial charge in [0.15, 0.2) is 0 Å². The molecule has 0 aromatic heterocycles. The van der Waals surface area contributed by atoms with Crippen molar-refractivity contribution in [1.82, 2.24) is 10.2 Å². The van der Waals surface area contributed by atoms with Gasteiger partial charge in [0.05, 0.1) is 6.10 Å². The Morgan fingerprint density at radius 3 is 2.67 bits per heavy atom. The molecule has 0 saturated heterocycles. The van der Waals surface area contributed by atoms with Crippen molar-refractivity contribution < 1.29 is 9.90 Å². The molecule has 1 rings (SSSR count). The summed E-state index contributed by atoms with van der Waals surface area (Å²) in [6.45, 7) is 3.13. The predicted octanol–water partition coefficient (Wildman–Crippen LogP) is 2.37. The van der Waals surface area contributed by atoms with Gasteiger partial charge in [-0.05, 0) is 25.7 Å². The number of carbonyl (C=O) groups is 1. The smallest absolute Gasteiger partial charge is 0.317 e. The van der Waals surface area contributed by atoms with E-state index >= 15 is 0 Å². The first-order chi connectivity index (χ1) is 8.59. The van der Waals surface area contributed by atoms with Crippen LogP contribution in [0.1, 0.15) is 51.9 Å². The highest BCUT2D eigenvalue weighted by Gasteiger charge is 2.14. The molecule has 0 radical (unpaired) electrons. The second kappa shape index (κ2) is 8.35. The number of nitrogens with zero attached hydrogens (tertiary/aromatic N) is 1. The van der Waals surface area contributed by atoms with Crippen LogP contribution in [0.25, 0.3) is 0 Å². The lowest BCUT2D eigenvalue weighted by molar-refractivity contribution is 0.163. The largest absolute Gasteiger partial charge is 0.393 e. The van der Waals surface area contributed by atoms with Crippen LogP contribution in [0.3, 0.4) is 0 Å². The molecular formula is C14H28N2O2. The van der Waals surface area contributed by atoms with Crippen LogP contribution in [-0.4, -0.2) is 42.3 Å². The molecule has 0 aromatic rings. The maximum atomic E-state index is 11.7. The van der Waals surface area contributed by atoms with Crippen LogP contribution in [0.5, 0.6) is 0 Å². The van der Waals surface area contributed by atoms with E-state index in [2.05, 4.69) is 5.32 Å². The number of aliphatic hydroxyl groups excluding tert-OH is 1. The molecule has 0 spiro atoms. The molecule has 2 N–H and O–H groups in total. The first-order valence-corrected chi connectivity index (χ1v) is 7.26. The van der Waals surface area contributed by atoms with Crippen molar-refractivity contribution in [3.8, 4) is 0 Å². The molecule has 18 heavy (non-hydrogen) atoms. The first kappa shape index (κ1) is 15.3. The van der Waals surface area contributed by atoms with E-state index in [1.54, 1.807) is 18.9 Å². The number of urea groups is 1. The third kappa shape index (κ3) is 6.24. The highest BCUT2D eigenvalue weighted by molar-refractivity contribution is 5.73. The second-order valence-electron chi connectivity index (χ2n) is 5.58. The normalized spacial score (nSPS) is 18.4. The summed E-state index contributed by atoms with van der Waals surface area (Å²) >= 11 is 0. The second-order valence-corrected chi connectivity index (χ2v) is 5.58. The van der Waals surface area contributed by atoms with Crippen LogP contribution in [0.15, 0.2) is 0 Å². The lowest BCUT2D eigenvalue weighted by atomic mass is 9.87. The number of aliphatic hydroxyl groups is 1. The van der Waals surface area contributed by atoms with Crippen molar-refractivity contribution in [2.75, 3.05) is 20.1 Å². The summed E-state index contributed by atoms with van der Waals surface area (Å²) in [6, 6.07) is -0.0218. The number of hydrogen-bond donors (Lipinski definition) is 2. The molecule has 1 unspecified atom stereocenters. The van der Waals surface area contributed by atoms with Crippen molar-refractivity contribution in [3.63, 3.8) is 0 Å². The van der Waals surface area contributed by atoms with E-state index in [-0.39, 0.29) is 12.1 Å². The number of hydrogen-bond acceptors (Lipinski definition) is 2. The topological polar surface area (TPSA) is 52.6 Å². The number of amides is 2. The zero-order chi connectivity index (χ0) is 13.4. The van der Waals surface area contributed by atoms with Gasteiger partial charge in [0.2, 0.25) is 0 Å². The van der Waals surface area contributed by atoms with E-state index in [9.17, 15) is 9.90 Å². The monoisotopic (exact) mass is 256 g/mol. The van der Waals surface area contributed by atoms with E-state index in [0.717, 1.165) is 18.9 Å². The zero-order valence-corrected chi connectivity index (χ0v) is 11.8. The minimum Gasteiger partial charge on any atom is -0.393 e. The molecule has 4 heteroatoms. The van der Waals surface area contributed by atoms with Crippen LogP contribution in [0.4, 0.5) is 4.79 Å². The summed E-state index contributed by atoms with van der Waals surface area (Å²) in [5.74, 6) is 0.807. The molecule has 106 valence electrons. The van der Waals surface area contributed by atoms with Crippen molar-refractivity contribution in [2.24, 2.45) is 5.92 Å². The summed E-state index contributed by atoms with van der Waals surface area (Å²) in [4.78, 5) is 13.4. The Bertz CT molecular complexity index is 238. The fourth-order valence-corrected chi connectivity index (χ4v) is 2.48. The first-order valence-electron chi connectivity index (χ1n) is 7.26. The van der Waals surface area contributed by atoms with E-state index in [1.807, 2.05) is 0 Å². The Labute approximate surface area is 111 Å². The molecular weight excluding hydrogens is 228 g/mol. The van der Waals surface area contributed by atoms with Crippen molar-refractivity contribution in [3.05, 3.63) is 0 Å². The third-order valence-electron chi connectivity index (χ3n) is 3.78. The van der Waals surface area contributed by atoms with Crippen LogP contribution in [-0.2, 0) is 0 Å². The maximum Gasteiger partial charge on any atom is 0.317 e. The Morgan fingerprint density at radius 1 is 1.39 bits per heavy atom. The van der Waals surface area contributed by atoms with Crippen molar-refractivity contribution >= 4 is 6.03 Å². The molecule has 0 heterocycles. The number of rotatable bonds is 6. The quantitative estimate of drug-likeness (QED) is 0.766. The average molecular weight is 256 g/mol. The lowest BCUT2D eigenvalue weighted by Crippen LogP contribution is -2.39. The highest BCUT2D eigenvalue weighted by atomic mass is 16.3. The lowest BCUT2D eigenvalue weighted by Gasteiger charge is -2.23. The van der Waals surface area contributed by atoms with Gasteiger partial charge >= 0.3 is 6.03 Å². The third-order valence-corrected chi connectivity index (χ3v) is 3.78. The fraction of sp³-hybridized carbons (Fsp3) is 0.929. The Balaban J connectivity index is 2.08. The van der Waals surface area contributed by atoms with Gasteiger partial charge in [-0.25, -0.2) is 4.79 Å². The molecule has 0 aromatic carbocycles. The van der Waals surface area contributed by atoms with Crippen molar-refractivity contribution in [1.29, 1.82) is 0 Å². The zero-order valence-electron chi connectivity index (χ0n) is 11.8. The molecule has 4 nitrogen and oxygen atoms in total. The van der Waals surface area contributed by atoms with Crippen LogP contribution < -0.4 is 5.32 Å². The molecule has 1 saturated carbocycles. The van der Waals surface area contributed by atoms with E-state index in [4.69, 9.17) is 0 Å². The molecule has 1 aliphatic rings. The molecule has 2 amide bonds. The van der Waals surface area contributed by atoms with E-state index in [1.165, 1.54) is 32.1 Å². The summed E-state index contributed by atoms with van der Waals surface area (Å²) < 4.78 is 0. The Kier molecular flexibility index (Phi) is 7.09. The van der Waals surface area contributed by atoms with Crippen LogP contribution in [0.2, 0.25) is 0 Å². The minimum absolute atomic E-state index is 0.0218. The van der Waals surface area contributed by atoms with Gasteiger partial charge in [0, 0.05) is 20.1 Å². The Hall–Kier alpha value is -0.770. The highest BCUT2D eigenvalue weighted by Crippen LogP contribution is 2.25. The summed E-state index contributed by atoms with van der Waals surface area (Å²) in [5, 5.41) is 12.1. The minimum atomic E-state index is -0.345. The molecule has 0 aliphatic heterocycles.